The summed E-state index contributed by atoms with van der Waals surface area (Å²) in [6.07, 6.45) is -0.206. The third-order valence-corrected chi connectivity index (χ3v) is 5.45. The van der Waals surface area contributed by atoms with Gasteiger partial charge in [-0.2, -0.15) is 10.5 Å². The van der Waals surface area contributed by atoms with E-state index in [-0.39, 0.29) is 11.9 Å². The quantitative estimate of drug-likeness (QED) is 0.754. The van der Waals surface area contributed by atoms with Crippen LogP contribution in [-0.2, 0) is 9.47 Å². The minimum absolute atomic E-state index is 0.195. The molecular formula is C16H14ClN4O2+. The summed E-state index contributed by atoms with van der Waals surface area (Å²) in [5.74, 6) is -1.73. The van der Waals surface area contributed by atoms with Crippen molar-refractivity contribution in [2.45, 2.75) is 24.9 Å². The van der Waals surface area contributed by atoms with Gasteiger partial charge in [-0.3, -0.25) is 5.73 Å². The Balaban J connectivity index is 1.95. The van der Waals surface area contributed by atoms with Gasteiger partial charge in [-0.15, -0.1) is 0 Å². The van der Waals surface area contributed by atoms with Crippen LogP contribution in [0.2, 0.25) is 5.02 Å². The number of rotatable bonds is 1. The van der Waals surface area contributed by atoms with Crippen molar-refractivity contribution in [3.05, 3.63) is 34.9 Å². The molecule has 2 fully saturated rings. The molecule has 4 rings (SSSR count). The van der Waals surface area contributed by atoms with E-state index in [1.54, 1.807) is 12.1 Å². The van der Waals surface area contributed by atoms with Gasteiger partial charge in [0.25, 0.3) is 5.84 Å². The fraction of sp³-hybridized carbons (Fsp3) is 0.438. The highest BCUT2D eigenvalue weighted by Gasteiger charge is 2.98. The topological polar surface area (TPSA) is 106 Å². The van der Waals surface area contributed by atoms with Crippen LogP contribution in [0.15, 0.2) is 24.3 Å². The van der Waals surface area contributed by atoms with Crippen molar-refractivity contribution in [3.8, 4) is 12.1 Å². The maximum absolute atomic E-state index is 10.0. The van der Waals surface area contributed by atoms with Gasteiger partial charge < -0.3 is 9.47 Å². The summed E-state index contributed by atoms with van der Waals surface area (Å²) < 4.78 is 11.7. The molecule has 5 atom stereocenters. The van der Waals surface area contributed by atoms with Gasteiger partial charge >= 0.3 is 5.91 Å². The van der Waals surface area contributed by atoms with Crippen LogP contribution >= 0.6 is 11.6 Å². The largest absolute Gasteiger partial charge is 0.343 e. The first kappa shape index (κ1) is 14.5. The molecule has 7 heteroatoms. The molecule has 6 nitrogen and oxygen atoms in total. The normalized spacial score (nSPS) is 43.6. The number of nitrogens with two attached hydrogens (primary N) is 1. The van der Waals surface area contributed by atoms with E-state index in [4.69, 9.17) is 26.8 Å². The second-order valence-electron chi connectivity index (χ2n) is 6.19. The molecule has 1 saturated carbocycles. The van der Waals surface area contributed by atoms with Gasteiger partial charge in [0.15, 0.2) is 10.8 Å². The summed E-state index contributed by atoms with van der Waals surface area (Å²) in [6, 6.07) is 11.7. The Hall–Kier alpha value is -2.12. The zero-order chi connectivity index (χ0) is 16.5. The van der Waals surface area contributed by atoms with Crippen LogP contribution in [0.1, 0.15) is 18.4 Å². The van der Waals surface area contributed by atoms with E-state index in [0.29, 0.717) is 17.2 Å². The molecule has 1 aromatic carbocycles. The van der Waals surface area contributed by atoms with Gasteiger partial charge in [-0.25, -0.2) is 4.99 Å². The number of nitrogens with one attached hydrogen (secondary N) is 1. The molecular weight excluding hydrogens is 316 g/mol. The van der Waals surface area contributed by atoms with Gasteiger partial charge in [0.05, 0.1) is 24.8 Å². The molecule has 23 heavy (non-hydrogen) atoms. The van der Waals surface area contributed by atoms with Gasteiger partial charge in [0.1, 0.15) is 0 Å². The summed E-state index contributed by atoms with van der Waals surface area (Å²) in [5.41, 5.74) is 4.34. The highest BCUT2D eigenvalue weighted by atomic mass is 35.5. The molecule has 0 radical (unpaired) electrons. The molecule has 0 amide bonds. The van der Waals surface area contributed by atoms with Gasteiger partial charge in [0, 0.05) is 10.9 Å². The van der Waals surface area contributed by atoms with Crippen molar-refractivity contribution in [1.82, 2.24) is 0 Å². The second-order valence-corrected chi connectivity index (χ2v) is 6.60. The summed E-state index contributed by atoms with van der Waals surface area (Å²) >= 11 is 6.31. The van der Waals surface area contributed by atoms with Crippen LogP contribution in [0.5, 0.6) is 0 Å². The number of halogens is 1. The first-order valence-corrected chi connectivity index (χ1v) is 7.66. The summed E-state index contributed by atoms with van der Waals surface area (Å²) in [6.45, 7) is 2.16. The highest BCUT2D eigenvalue weighted by molar-refractivity contribution is 6.31. The summed E-state index contributed by atoms with van der Waals surface area (Å²) in [5, 5.41) is 20.4. The Morgan fingerprint density at radius 3 is 2.65 bits per heavy atom. The van der Waals surface area contributed by atoms with Crippen molar-refractivity contribution in [2.75, 3.05) is 6.61 Å². The van der Waals surface area contributed by atoms with Crippen molar-refractivity contribution < 1.29 is 14.5 Å². The molecule has 1 spiro atoms. The molecule has 0 bridgehead atoms. The minimum atomic E-state index is -1.41. The Morgan fingerprint density at radius 1 is 1.35 bits per heavy atom. The first-order chi connectivity index (χ1) is 11.0. The molecule has 2 heterocycles. The van der Waals surface area contributed by atoms with E-state index in [1.807, 2.05) is 19.1 Å². The average Bonchev–Trinajstić information content (AvgIpc) is 2.91. The Morgan fingerprint density at radius 2 is 2.09 bits per heavy atom. The molecule has 0 unspecified atom stereocenters. The minimum Gasteiger partial charge on any atom is -0.311 e. The van der Waals surface area contributed by atoms with Gasteiger partial charge in [-0.05, 0) is 18.6 Å². The number of hydrogen-bond donors (Lipinski definition) is 2. The number of nitriles is 2. The van der Waals surface area contributed by atoms with E-state index in [2.05, 4.69) is 17.1 Å². The number of benzene rings is 1. The molecule has 1 aliphatic carbocycles. The fourth-order valence-electron chi connectivity index (χ4n) is 4.14. The number of amidine groups is 1. The van der Waals surface area contributed by atoms with E-state index in [1.165, 1.54) is 0 Å². The predicted molar refractivity (Wildman–Crippen MR) is 79.7 cm³/mol. The smallest absolute Gasteiger partial charge is 0.311 e. The molecule has 0 aromatic heterocycles. The number of hydrogen-bond acceptors (Lipinski definition) is 5. The van der Waals surface area contributed by atoms with Crippen LogP contribution in [0.25, 0.3) is 0 Å². The summed E-state index contributed by atoms with van der Waals surface area (Å²) in [7, 11) is 0. The van der Waals surface area contributed by atoms with Crippen molar-refractivity contribution >= 4 is 17.4 Å². The Kier molecular flexibility index (Phi) is 2.67. The van der Waals surface area contributed by atoms with Crippen LogP contribution in [0, 0.1) is 33.5 Å². The Bertz CT molecular complexity index is 828. The average molecular weight is 330 g/mol. The van der Waals surface area contributed by atoms with Gasteiger partial charge in [0.2, 0.25) is 0 Å². The third kappa shape index (κ3) is 1.34. The zero-order valence-electron chi connectivity index (χ0n) is 12.3. The third-order valence-electron chi connectivity index (χ3n) is 5.11. The van der Waals surface area contributed by atoms with Gasteiger partial charge in [-0.1, -0.05) is 29.8 Å². The predicted octanol–water partition coefficient (Wildman–Crippen LogP) is -0.00234. The zero-order valence-corrected chi connectivity index (χ0v) is 13.1. The lowest BCUT2D eigenvalue weighted by molar-refractivity contribution is -0.677. The molecule has 1 saturated heterocycles. The van der Waals surface area contributed by atoms with Crippen LogP contribution in [0.4, 0.5) is 0 Å². The fourth-order valence-corrected chi connectivity index (χ4v) is 4.38. The van der Waals surface area contributed by atoms with Crippen molar-refractivity contribution in [1.29, 1.82) is 10.5 Å². The highest BCUT2D eigenvalue weighted by Crippen LogP contribution is 2.79. The van der Waals surface area contributed by atoms with E-state index < -0.39 is 22.7 Å². The molecule has 2 aliphatic heterocycles. The van der Waals surface area contributed by atoms with E-state index in [9.17, 15) is 10.5 Å². The van der Waals surface area contributed by atoms with E-state index in [0.717, 1.165) is 0 Å². The van der Waals surface area contributed by atoms with Crippen molar-refractivity contribution in [3.63, 3.8) is 0 Å². The standard InChI is InChI=1S/C16H13ClN4O2/c1-9-6-22-16(23-9)15(8-19)12(10-4-2-3-5-11(10)17)14(15,7-18)13(20)21-16/h2-5,9,12H,6H2,1H3,(H2,20,21)/p+1/t9-,12+,14+,15+,16+/m0/s1. The maximum atomic E-state index is 10.0. The SMILES string of the molecule is C[C@H]1CO[C@@]2([NH+]=C(N)[C@@]3(C#N)[C@@H](c4ccccc4Cl)[C@@]23C#N)O1. The molecule has 1 aromatic rings. The molecule has 116 valence electrons. The lowest BCUT2D eigenvalue weighted by atomic mass is 9.94. The molecule has 3 aliphatic rings. The summed E-state index contributed by atoms with van der Waals surface area (Å²) in [4.78, 5) is 2.92. The lowest BCUT2D eigenvalue weighted by Crippen LogP contribution is -2.90. The molecule has 3 N–H and O–H groups in total. The maximum Gasteiger partial charge on any atom is 0.343 e. The van der Waals surface area contributed by atoms with Crippen LogP contribution < -0.4 is 10.7 Å². The second kappa shape index (κ2) is 4.24. The van der Waals surface area contributed by atoms with Crippen molar-refractivity contribution in [2.24, 2.45) is 16.6 Å². The van der Waals surface area contributed by atoms with Crippen LogP contribution in [-0.4, -0.2) is 24.5 Å². The van der Waals surface area contributed by atoms with E-state index >= 15 is 0 Å². The monoisotopic (exact) mass is 329 g/mol. The lowest BCUT2D eigenvalue weighted by Gasteiger charge is -2.24. The number of nitrogens with zero attached hydrogens (tertiary/aromatic N) is 2. The van der Waals surface area contributed by atoms with Crippen LogP contribution in [0.3, 0.4) is 0 Å². The number of ether oxygens (including phenoxy) is 2. The number of fused-ring (bicyclic) bond motifs is 2. The Labute approximate surface area is 138 Å². The first-order valence-electron chi connectivity index (χ1n) is 7.29.